The molecule has 38 heavy (non-hydrogen) atoms. The zero-order chi connectivity index (χ0) is 25.8. The number of H-pyrrole nitrogens is 1. The fourth-order valence-corrected chi connectivity index (χ4v) is 6.79. The van der Waals surface area contributed by atoms with E-state index in [1.165, 1.54) is 76.3 Å². The predicted octanol–water partition coefficient (Wildman–Crippen LogP) is 6.01. The minimum Gasteiger partial charge on any atom is -0.493 e. The summed E-state index contributed by atoms with van der Waals surface area (Å²) in [4.78, 5) is 10.8. The lowest BCUT2D eigenvalue weighted by molar-refractivity contribution is 0.0240. The van der Waals surface area contributed by atoms with Crippen molar-refractivity contribution in [3.05, 3.63) is 59.5 Å². The number of fused-ring (bicyclic) bond motifs is 4. The van der Waals surface area contributed by atoms with Crippen molar-refractivity contribution in [3.8, 4) is 16.9 Å². The second-order valence-electron chi connectivity index (χ2n) is 11.0. The number of hydrogen-bond acceptors (Lipinski definition) is 5. The molecule has 1 N–H and O–H groups in total. The molecular formula is C31H35N5O2. The summed E-state index contributed by atoms with van der Waals surface area (Å²) in [6.45, 7) is 8.67. The quantitative estimate of drug-likeness (QED) is 0.321. The van der Waals surface area contributed by atoms with Gasteiger partial charge in [0.05, 0.1) is 7.11 Å². The number of aromatic amines is 1. The lowest BCUT2D eigenvalue weighted by Crippen LogP contribution is -2.44. The van der Waals surface area contributed by atoms with Crippen molar-refractivity contribution in [2.24, 2.45) is 0 Å². The van der Waals surface area contributed by atoms with Crippen LogP contribution in [0.4, 0.5) is 0 Å². The predicted molar refractivity (Wildman–Crippen MR) is 151 cm³/mol. The van der Waals surface area contributed by atoms with Gasteiger partial charge in [-0.2, -0.15) is 5.10 Å². The number of rotatable bonds is 4. The molecule has 0 bridgehead atoms. The van der Waals surface area contributed by atoms with E-state index in [4.69, 9.17) is 9.47 Å². The second kappa shape index (κ2) is 9.40. The monoisotopic (exact) mass is 509 g/mol. The van der Waals surface area contributed by atoms with Crippen molar-refractivity contribution >= 4 is 27.5 Å². The molecule has 7 heteroatoms. The summed E-state index contributed by atoms with van der Waals surface area (Å²) in [7, 11) is 1.68. The van der Waals surface area contributed by atoms with Crippen molar-refractivity contribution in [1.82, 2.24) is 24.5 Å². The van der Waals surface area contributed by atoms with Crippen LogP contribution in [0.15, 0.2) is 42.9 Å². The normalized spacial score (nSPS) is 19.6. The molecule has 0 aliphatic carbocycles. The molecule has 3 aromatic heterocycles. The highest BCUT2D eigenvalue weighted by atomic mass is 16.5. The van der Waals surface area contributed by atoms with Crippen molar-refractivity contribution in [3.63, 3.8) is 0 Å². The van der Waals surface area contributed by atoms with Gasteiger partial charge in [-0.15, -0.1) is 0 Å². The molecule has 2 aliphatic rings. The summed E-state index contributed by atoms with van der Waals surface area (Å²) in [5.41, 5.74) is 9.39. The van der Waals surface area contributed by atoms with E-state index in [9.17, 15) is 0 Å². The first-order chi connectivity index (χ1) is 18.6. The van der Waals surface area contributed by atoms with Crippen molar-refractivity contribution in [2.45, 2.75) is 51.5 Å². The third kappa shape index (κ3) is 3.87. The molecule has 0 radical (unpaired) electrons. The number of pyridine rings is 1. The minimum atomic E-state index is 0.587. The average Bonchev–Trinajstić information content (AvgIpc) is 3.59. The van der Waals surface area contributed by atoms with Gasteiger partial charge in [0.25, 0.3) is 0 Å². The van der Waals surface area contributed by atoms with E-state index >= 15 is 0 Å². The summed E-state index contributed by atoms with van der Waals surface area (Å²) in [6.07, 6.45) is 8.48. The molecule has 1 unspecified atom stereocenters. The van der Waals surface area contributed by atoms with Gasteiger partial charge in [0.2, 0.25) is 0 Å². The Kier molecular flexibility index (Phi) is 5.86. The Morgan fingerprint density at radius 2 is 1.89 bits per heavy atom. The maximum atomic E-state index is 5.63. The topological polar surface area (TPSA) is 67.7 Å². The van der Waals surface area contributed by atoms with Crippen LogP contribution in [-0.2, 0) is 4.74 Å². The van der Waals surface area contributed by atoms with Crippen LogP contribution in [0.3, 0.4) is 0 Å². The number of piperidine rings is 1. The molecule has 0 saturated carbocycles. The zero-order valence-corrected chi connectivity index (χ0v) is 22.5. The Balaban J connectivity index is 1.28. The van der Waals surface area contributed by atoms with E-state index in [1.54, 1.807) is 18.0 Å². The fourth-order valence-electron chi connectivity index (χ4n) is 6.79. The molecule has 1 atom stereocenters. The van der Waals surface area contributed by atoms with E-state index in [0.29, 0.717) is 12.0 Å². The molecule has 196 valence electrons. The van der Waals surface area contributed by atoms with Gasteiger partial charge in [-0.05, 0) is 98.5 Å². The average molecular weight is 510 g/mol. The van der Waals surface area contributed by atoms with E-state index in [2.05, 4.69) is 64.1 Å². The molecule has 2 aromatic carbocycles. The second-order valence-corrected chi connectivity index (χ2v) is 11.0. The Morgan fingerprint density at radius 1 is 1.03 bits per heavy atom. The van der Waals surface area contributed by atoms with Gasteiger partial charge in [0, 0.05) is 59.4 Å². The minimum absolute atomic E-state index is 0.587. The molecule has 7 nitrogen and oxygen atoms in total. The number of likely N-dealkylation sites (tertiary alicyclic amines) is 1. The number of ether oxygens (including phenoxy) is 2. The van der Waals surface area contributed by atoms with Gasteiger partial charge in [0.15, 0.2) is 11.4 Å². The van der Waals surface area contributed by atoms with Crippen molar-refractivity contribution < 1.29 is 9.47 Å². The lowest BCUT2D eigenvalue weighted by atomic mass is 9.87. The molecular weight excluding hydrogens is 474 g/mol. The first-order valence-electron chi connectivity index (χ1n) is 13.9. The summed E-state index contributed by atoms with van der Waals surface area (Å²) < 4.78 is 13.0. The number of hydrogen-bond donors (Lipinski definition) is 1. The van der Waals surface area contributed by atoms with Crippen molar-refractivity contribution in [1.29, 1.82) is 0 Å². The van der Waals surface area contributed by atoms with E-state index in [-0.39, 0.29) is 0 Å². The first kappa shape index (κ1) is 23.7. The molecule has 5 heterocycles. The largest absolute Gasteiger partial charge is 0.493 e. The van der Waals surface area contributed by atoms with E-state index in [1.807, 2.05) is 6.20 Å². The summed E-state index contributed by atoms with van der Waals surface area (Å²) in [5, 5.41) is 7.02. The standard InChI is InChI=1S/C31H35N5O2/c1-19-20(2)30-26-13-21(22-5-4-10-35(16-22)24-8-11-38-12-9-24)6-7-27(26)34-28(30)15-25(19)23-14-29(37-3)31-32-18-33-36(31)17-23/h6-7,13-15,17-18,22,24,34H,4-5,8-12,16H2,1-3H3. The smallest absolute Gasteiger partial charge is 0.197 e. The number of methoxy groups -OCH3 is 1. The van der Waals surface area contributed by atoms with Crippen LogP contribution in [0.5, 0.6) is 5.75 Å². The van der Waals surface area contributed by atoms with Gasteiger partial charge in [0.1, 0.15) is 6.33 Å². The molecule has 2 fully saturated rings. The highest BCUT2D eigenvalue weighted by molar-refractivity contribution is 6.11. The van der Waals surface area contributed by atoms with Crippen LogP contribution in [0.25, 0.3) is 38.6 Å². The Labute approximate surface area is 222 Å². The van der Waals surface area contributed by atoms with Crippen LogP contribution < -0.4 is 4.74 Å². The van der Waals surface area contributed by atoms with Gasteiger partial charge in [-0.25, -0.2) is 9.50 Å². The van der Waals surface area contributed by atoms with Crippen LogP contribution in [0.2, 0.25) is 0 Å². The number of nitrogens with one attached hydrogen (secondary N) is 1. The molecule has 2 saturated heterocycles. The number of benzene rings is 2. The molecule has 0 amide bonds. The Hall–Kier alpha value is -3.42. The molecule has 7 rings (SSSR count). The maximum Gasteiger partial charge on any atom is 0.197 e. The van der Waals surface area contributed by atoms with Crippen LogP contribution in [-0.4, -0.2) is 63.9 Å². The lowest BCUT2D eigenvalue weighted by Gasteiger charge is -2.40. The summed E-state index contributed by atoms with van der Waals surface area (Å²) in [6, 6.07) is 12.1. The molecule has 2 aliphatic heterocycles. The Morgan fingerprint density at radius 3 is 2.74 bits per heavy atom. The van der Waals surface area contributed by atoms with Crippen LogP contribution in [0, 0.1) is 13.8 Å². The van der Waals surface area contributed by atoms with E-state index < -0.39 is 0 Å². The summed E-state index contributed by atoms with van der Waals surface area (Å²) >= 11 is 0. The highest BCUT2D eigenvalue weighted by Crippen LogP contribution is 2.39. The van der Waals surface area contributed by atoms with E-state index in [0.717, 1.165) is 36.7 Å². The molecule has 0 spiro atoms. The molecule has 5 aromatic rings. The third-order valence-corrected chi connectivity index (χ3v) is 8.99. The Bertz CT molecular complexity index is 1650. The van der Waals surface area contributed by atoms with Gasteiger partial charge < -0.3 is 14.5 Å². The highest BCUT2D eigenvalue weighted by Gasteiger charge is 2.28. The SMILES string of the molecule is COc1cc(-c2cc3[nH]c4ccc(C5CCCN(C6CCOCC6)C5)cc4c3c(C)c2C)cn2ncnc12. The zero-order valence-electron chi connectivity index (χ0n) is 22.5. The first-order valence-corrected chi connectivity index (χ1v) is 13.9. The number of aryl methyl sites for hydroxylation is 1. The number of aromatic nitrogens is 4. The van der Waals surface area contributed by atoms with Crippen LogP contribution >= 0.6 is 0 Å². The fraction of sp³-hybridized carbons (Fsp3) is 0.419. The summed E-state index contributed by atoms with van der Waals surface area (Å²) in [5.74, 6) is 1.31. The van der Waals surface area contributed by atoms with Crippen LogP contribution in [0.1, 0.15) is 48.3 Å². The van der Waals surface area contributed by atoms with Crippen molar-refractivity contribution in [2.75, 3.05) is 33.4 Å². The third-order valence-electron chi connectivity index (χ3n) is 8.99. The number of nitrogens with zero attached hydrogens (tertiary/aromatic N) is 4. The van der Waals surface area contributed by atoms with Gasteiger partial charge >= 0.3 is 0 Å². The maximum absolute atomic E-state index is 5.63. The van der Waals surface area contributed by atoms with Gasteiger partial charge in [-0.1, -0.05) is 6.07 Å². The van der Waals surface area contributed by atoms with Gasteiger partial charge in [-0.3, -0.25) is 4.90 Å².